The van der Waals surface area contributed by atoms with E-state index in [1.54, 1.807) is 0 Å². The molecule has 2 unspecified atom stereocenters. The predicted octanol–water partition coefficient (Wildman–Crippen LogP) is 2.14. The van der Waals surface area contributed by atoms with Crippen molar-refractivity contribution in [3.63, 3.8) is 0 Å². The molecule has 0 aromatic rings. The van der Waals surface area contributed by atoms with Crippen molar-refractivity contribution in [1.29, 1.82) is 0 Å². The van der Waals surface area contributed by atoms with Crippen molar-refractivity contribution < 1.29 is 23.8 Å². The van der Waals surface area contributed by atoms with Crippen LogP contribution in [0.15, 0.2) is 0 Å². The van der Waals surface area contributed by atoms with Gasteiger partial charge in [0.1, 0.15) is 12.7 Å². The Labute approximate surface area is 101 Å². The third-order valence-corrected chi connectivity index (χ3v) is 2.67. The number of esters is 1. The SMILES string of the molecule is CC(CCOC(=O)C(C)(C)C)C1COC(=O)O1. The van der Waals surface area contributed by atoms with E-state index in [9.17, 15) is 9.59 Å². The van der Waals surface area contributed by atoms with Gasteiger partial charge in [-0.15, -0.1) is 0 Å². The number of rotatable bonds is 4. The van der Waals surface area contributed by atoms with Crippen LogP contribution in [-0.2, 0) is 19.0 Å². The first-order valence-corrected chi connectivity index (χ1v) is 5.81. The highest BCUT2D eigenvalue weighted by Crippen LogP contribution is 2.20. The molecule has 5 heteroatoms. The van der Waals surface area contributed by atoms with Gasteiger partial charge in [0.25, 0.3) is 0 Å². The Bertz CT molecular complexity index is 292. The number of ether oxygens (including phenoxy) is 3. The molecule has 0 bridgehead atoms. The summed E-state index contributed by atoms with van der Waals surface area (Å²) in [6.07, 6.45) is -0.187. The molecule has 0 aliphatic carbocycles. The normalized spacial score (nSPS) is 21.6. The summed E-state index contributed by atoms with van der Waals surface area (Å²) in [5, 5.41) is 0. The van der Waals surface area contributed by atoms with Crippen LogP contribution in [0.4, 0.5) is 4.79 Å². The van der Waals surface area contributed by atoms with E-state index in [1.807, 2.05) is 27.7 Å². The van der Waals surface area contributed by atoms with Crippen molar-refractivity contribution in [2.75, 3.05) is 13.2 Å². The number of carbonyl (C=O) groups is 2. The molecule has 0 saturated carbocycles. The highest BCUT2D eigenvalue weighted by molar-refractivity contribution is 5.75. The highest BCUT2D eigenvalue weighted by atomic mass is 16.8. The predicted molar refractivity (Wildman–Crippen MR) is 60.4 cm³/mol. The van der Waals surface area contributed by atoms with Crippen LogP contribution in [0.25, 0.3) is 0 Å². The van der Waals surface area contributed by atoms with Gasteiger partial charge in [-0.2, -0.15) is 0 Å². The molecule has 1 fully saturated rings. The fraction of sp³-hybridized carbons (Fsp3) is 0.833. The van der Waals surface area contributed by atoms with E-state index >= 15 is 0 Å². The molecule has 2 atom stereocenters. The number of hydrogen-bond donors (Lipinski definition) is 0. The molecule has 1 rings (SSSR count). The molecule has 1 aliphatic heterocycles. The van der Waals surface area contributed by atoms with Gasteiger partial charge in [-0.1, -0.05) is 6.92 Å². The minimum atomic E-state index is -0.617. The minimum absolute atomic E-state index is 0.120. The number of cyclic esters (lactones) is 2. The fourth-order valence-corrected chi connectivity index (χ4v) is 1.36. The molecule has 0 N–H and O–H groups in total. The molecule has 17 heavy (non-hydrogen) atoms. The lowest BCUT2D eigenvalue weighted by molar-refractivity contribution is -0.153. The zero-order valence-electron chi connectivity index (χ0n) is 10.8. The molecular formula is C12H20O5. The van der Waals surface area contributed by atoms with Crippen LogP contribution in [0.3, 0.4) is 0 Å². The van der Waals surface area contributed by atoms with Crippen LogP contribution in [0.5, 0.6) is 0 Å². The number of carbonyl (C=O) groups excluding carboxylic acids is 2. The van der Waals surface area contributed by atoms with Crippen molar-refractivity contribution in [1.82, 2.24) is 0 Å². The van der Waals surface area contributed by atoms with E-state index in [4.69, 9.17) is 14.2 Å². The van der Waals surface area contributed by atoms with Gasteiger partial charge in [0.15, 0.2) is 0 Å². The van der Waals surface area contributed by atoms with Gasteiger partial charge in [-0.05, 0) is 33.1 Å². The topological polar surface area (TPSA) is 61.8 Å². The maximum absolute atomic E-state index is 11.5. The Morgan fingerprint density at radius 2 is 2.18 bits per heavy atom. The molecule has 0 aromatic carbocycles. The fourth-order valence-electron chi connectivity index (χ4n) is 1.36. The van der Waals surface area contributed by atoms with Crippen molar-refractivity contribution in [2.45, 2.75) is 40.2 Å². The van der Waals surface area contributed by atoms with Gasteiger partial charge in [-0.3, -0.25) is 4.79 Å². The summed E-state index contributed by atoms with van der Waals surface area (Å²) >= 11 is 0. The Morgan fingerprint density at radius 3 is 2.65 bits per heavy atom. The van der Waals surface area contributed by atoms with Crippen LogP contribution < -0.4 is 0 Å². The van der Waals surface area contributed by atoms with Crippen molar-refractivity contribution in [3.05, 3.63) is 0 Å². The zero-order valence-corrected chi connectivity index (χ0v) is 10.8. The van der Waals surface area contributed by atoms with Crippen molar-refractivity contribution in [2.24, 2.45) is 11.3 Å². The van der Waals surface area contributed by atoms with Crippen LogP contribution in [0.2, 0.25) is 0 Å². The second-order valence-electron chi connectivity index (χ2n) is 5.37. The van der Waals surface area contributed by atoms with Crippen LogP contribution in [0.1, 0.15) is 34.1 Å². The first kappa shape index (κ1) is 13.8. The Morgan fingerprint density at radius 1 is 1.53 bits per heavy atom. The molecule has 0 aromatic heterocycles. The summed E-state index contributed by atoms with van der Waals surface area (Å²) in [6, 6.07) is 0. The van der Waals surface area contributed by atoms with E-state index in [-0.39, 0.29) is 24.6 Å². The van der Waals surface area contributed by atoms with Gasteiger partial charge < -0.3 is 14.2 Å². The zero-order chi connectivity index (χ0) is 13.1. The second kappa shape index (κ2) is 5.38. The molecule has 0 spiro atoms. The molecule has 1 saturated heterocycles. The maximum Gasteiger partial charge on any atom is 0.508 e. The lowest BCUT2D eigenvalue weighted by Gasteiger charge is -2.19. The van der Waals surface area contributed by atoms with Gasteiger partial charge >= 0.3 is 12.1 Å². The molecule has 5 nitrogen and oxygen atoms in total. The number of hydrogen-bond acceptors (Lipinski definition) is 5. The molecule has 1 heterocycles. The first-order chi connectivity index (χ1) is 7.80. The molecule has 0 radical (unpaired) electrons. The molecular weight excluding hydrogens is 224 g/mol. The Kier molecular flexibility index (Phi) is 4.37. The summed E-state index contributed by atoms with van der Waals surface area (Å²) in [7, 11) is 0. The summed E-state index contributed by atoms with van der Waals surface area (Å²) in [4.78, 5) is 22.2. The second-order valence-corrected chi connectivity index (χ2v) is 5.37. The van der Waals surface area contributed by atoms with Crippen molar-refractivity contribution >= 4 is 12.1 Å². The van der Waals surface area contributed by atoms with Crippen molar-refractivity contribution in [3.8, 4) is 0 Å². The molecule has 98 valence electrons. The lowest BCUT2D eigenvalue weighted by Crippen LogP contribution is -2.26. The minimum Gasteiger partial charge on any atom is -0.465 e. The van der Waals surface area contributed by atoms with E-state index in [2.05, 4.69) is 0 Å². The molecule has 1 aliphatic rings. The summed E-state index contributed by atoms with van der Waals surface area (Å²) in [6.45, 7) is 8.00. The maximum atomic E-state index is 11.5. The lowest BCUT2D eigenvalue weighted by atomic mass is 9.97. The van der Waals surface area contributed by atoms with E-state index in [0.717, 1.165) is 0 Å². The summed E-state index contributed by atoms with van der Waals surface area (Å²) < 4.78 is 14.8. The van der Waals surface area contributed by atoms with E-state index in [0.29, 0.717) is 13.0 Å². The van der Waals surface area contributed by atoms with Crippen LogP contribution in [0, 0.1) is 11.3 Å². The first-order valence-electron chi connectivity index (χ1n) is 5.81. The largest absolute Gasteiger partial charge is 0.508 e. The standard InChI is InChI=1S/C12H20O5/c1-8(9-7-16-11(14)17-9)5-6-15-10(13)12(2,3)4/h8-9H,5-7H2,1-4H3. The average molecular weight is 244 g/mol. The Balaban J connectivity index is 2.23. The van der Waals surface area contributed by atoms with Crippen LogP contribution in [-0.4, -0.2) is 31.4 Å². The molecule has 0 amide bonds. The third kappa shape index (κ3) is 4.24. The third-order valence-electron chi connectivity index (χ3n) is 2.67. The quantitative estimate of drug-likeness (QED) is 0.709. The van der Waals surface area contributed by atoms with E-state index < -0.39 is 11.6 Å². The highest BCUT2D eigenvalue weighted by Gasteiger charge is 2.30. The summed E-state index contributed by atoms with van der Waals surface area (Å²) in [5.74, 6) is -0.0985. The monoisotopic (exact) mass is 244 g/mol. The van der Waals surface area contributed by atoms with Crippen LogP contribution >= 0.6 is 0 Å². The average Bonchev–Trinajstić information content (AvgIpc) is 2.63. The van der Waals surface area contributed by atoms with Gasteiger partial charge in [-0.25, -0.2) is 4.79 Å². The van der Waals surface area contributed by atoms with Gasteiger partial charge in [0.2, 0.25) is 0 Å². The summed E-state index contributed by atoms with van der Waals surface area (Å²) in [5.41, 5.74) is -0.480. The smallest absolute Gasteiger partial charge is 0.465 e. The van der Waals surface area contributed by atoms with E-state index in [1.165, 1.54) is 0 Å². The van der Waals surface area contributed by atoms with Gasteiger partial charge in [0.05, 0.1) is 12.0 Å². The Hall–Kier alpha value is -1.26. The van der Waals surface area contributed by atoms with Gasteiger partial charge in [0, 0.05) is 0 Å².